The Morgan fingerprint density at radius 1 is 0.975 bits per heavy atom. The zero-order chi connectivity index (χ0) is 28.0. The third-order valence-electron chi connectivity index (χ3n) is 7.87. The van der Waals surface area contributed by atoms with Gasteiger partial charge in [0.05, 0.1) is 12.8 Å². The number of rotatable bonds is 5. The summed E-state index contributed by atoms with van der Waals surface area (Å²) in [6, 6.07) is 19.0. The molecule has 0 radical (unpaired) electrons. The Kier molecular flexibility index (Phi) is 6.80. The lowest BCUT2D eigenvalue weighted by molar-refractivity contribution is 0.0989. The van der Waals surface area contributed by atoms with Crippen molar-refractivity contribution in [2.45, 2.75) is 46.2 Å². The SMILES string of the molecule is COc1cc2c(cc1N1CC(C)NC(C)C1)N(C(=O)c1ccc(-c3ccc(-c4noc(C)n4)cc3C)cc1)CC2. The number of hydrogen-bond acceptors (Lipinski definition) is 7. The molecule has 2 aliphatic heterocycles. The third-order valence-corrected chi connectivity index (χ3v) is 7.87. The lowest BCUT2D eigenvalue weighted by atomic mass is 9.97. The van der Waals surface area contributed by atoms with Gasteiger partial charge in [-0.3, -0.25) is 4.79 Å². The van der Waals surface area contributed by atoms with Crippen LogP contribution in [0.2, 0.25) is 0 Å². The van der Waals surface area contributed by atoms with E-state index in [2.05, 4.69) is 65.4 Å². The van der Waals surface area contributed by atoms with Gasteiger partial charge in [0.25, 0.3) is 5.91 Å². The van der Waals surface area contributed by atoms with Crippen LogP contribution in [0.15, 0.2) is 59.1 Å². The van der Waals surface area contributed by atoms with Crippen molar-refractivity contribution >= 4 is 17.3 Å². The number of anilines is 2. The average molecular weight is 538 g/mol. The summed E-state index contributed by atoms with van der Waals surface area (Å²) in [7, 11) is 1.72. The Morgan fingerprint density at radius 2 is 1.70 bits per heavy atom. The molecule has 206 valence electrons. The van der Waals surface area contributed by atoms with Crippen LogP contribution in [0, 0.1) is 13.8 Å². The lowest BCUT2D eigenvalue weighted by Gasteiger charge is -2.38. The van der Waals surface area contributed by atoms with E-state index in [1.807, 2.05) is 35.2 Å². The highest BCUT2D eigenvalue weighted by Crippen LogP contribution is 2.40. The second-order valence-electron chi connectivity index (χ2n) is 11.0. The molecule has 1 N–H and O–H groups in total. The summed E-state index contributed by atoms with van der Waals surface area (Å²) in [5.74, 6) is 2.01. The Balaban J connectivity index is 1.24. The van der Waals surface area contributed by atoms with Crippen molar-refractivity contribution in [3.63, 3.8) is 0 Å². The molecule has 3 heterocycles. The van der Waals surface area contributed by atoms with Gasteiger partial charge >= 0.3 is 0 Å². The van der Waals surface area contributed by atoms with Gasteiger partial charge in [0.1, 0.15) is 5.75 Å². The molecule has 0 saturated carbocycles. The quantitative estimate of drug-likeness (QED) is 0.364. The van der Waals surface area contributed by atoms with Crippen LogP contribution >= 0.6 is 0 Å². The number of methoxy groups -OCH3 is 1. The monoisotopic (exact) mass is 537 g/mol. The molecule has 1 saturated heterocycles. The number of amides is 1. The van der Waals surface area contributed by atoms with Gasteiger partial charge in [0, 0.05) is 55.5 Å². The first-order chi connectivity index (χ1) is 19.3. The first kappa shape index (κ1) is 26.1. The van der Waals surface area contributed by atoms with Crippen molar-refractivity contribution in [1.82, 2.24) is 15.5 Å². The highest BCUT2D eigenvalue weighted by Gasteiger charge is 2.30. The lowest BCUT2D eigenvalue weighted by Crippen LogP contribution is -2.54. The number of aryl methyl sites for hydroxylation is 2. The van der Waals surface area contributed by atoms with Crippen molar-refractivity contribution in [3.8, 4) is 28.3 Å². The van der Waals surface area contributed by atoms with Crippen molar-refractivity contribution in [2.24, 2.45) is 0 Å². The fourth-order valence-corrected chi connectivity index (χ4v) is 6.04. The highest BCUT2D eigenvalue weighted by molar-refractivity contribution is 6.08. The second kappa shape index (κ2) is 10.4. The van der Waals surface area contributed by atoms with E-state index in [1.165, 1.54) is 0 Å². The summed E-state index contributed by atoms with van der Waals surface area (Å²) in [5, 5.41) is 7.61. The van der Waals surface area contributed by atoms with Gasteiger partial charge in [0.2, 0.25) is 11.7 Å². The molecule has 1 aromatic heterocycles. The number of piperazine rings is 1. The van der Waals surface area contributed by atoms with E-state index >= 15 is 0 Å². The van der Waals surface area contributed by atoms with Crippen molar-refractivity contribution < 1.29 is 14.1 Å². The molecular formula is C32H35N5O3. The van der Waals surface area contributed by atoms with E-state index in [-0.39, 0.29) is 5.91 Å². The molecule has 2 aliphatic rings. The summed E-state index contributed by atoms with van der Waals surface area (Å²) in [5.41, 5.74) is 8.03. The molecule has 2 unspecified atom stereocenters. The molecule has 0 aliphatic carbocycles. The largest absolute Gasteiger partial charge is 0.495 e. The smallest absolute Gasteiger partial charge is 0.258 e. The molecule has 0 spiro atoms. The minimum atomic E-state index is 0.0167. The Bertz CT molecular complexity index is 1550. The van der Waals surface area contributed by atoms with Crippen LogP contribution in [-0.2, 0) is 6.42 Å². The molecule has 2 atom stereocenters. The number of carbonyl (C=O) groups excluding carboxylic acids is 1. The number of benzene rings is 3. The van der Waals surface area contributed by atoms with Crippen LogP contribution in [0.4, 0.5) is 11.4 Å². The number of nitrogens with one attached hydrogen (secondary N) is 1. The van der Waals surface area contributed by atoms with Gasteiger partial charge in [-0.15, -0.1) is 0 Å². The fraction of sp³-hybridized carbons (Fsp3) is 0.344. The second-order valence-corrected chi connectivity index (χ2v) is 11.0. The fourth-order valence-electron chi connectivity index (χ4n) is 6.04. The molecule has 1 amide bonds. The van der Waals surface area contributed by atoms with Gasteiger partial charge in [-0.25, -0.2) is 0 Å². The Labute approximate surface area is 234 Å². The number of aromatic nitrogens is 2. The van der Waals surface area contributed by atoms with Gasteiger partial charge in [-0.05, 0) is 79.8 Å². The van der Waals surface area contributed by atoms with Crippen molar-refractivity contribution in [2.75, 3.05) is 36.5 Å². The zero-order valence-electron chi connectivity index (χ0n) is 23.7. The number of ether oxygens (including phenoxy) is 1. The number of carbonyl (C=O) groups is 1. The highest BCUT2D eigenvalue weighted by atomic mass is 16.5. The standard InChI is InChI=1S/C32H35N5O3/c1-19-14-26(31-34-22(4)40-35-31)10-11-27(19)23-6-8-24(9-7-23)32(38)37-13-12-25-15-30(39-5)29(16-28(25)37)36-17-20(2)33-21(3)18-36/h6-11,14-16,20-21,33H,12-13,17-18H2,1-5H3. The zero-order valence-corrected chi connectivity index (χ0v) is 23.7. The molecule has 0 bridgehead atoms. The van der Waals surface area contributed by atoms with Crippen LogP contribution in [0.25, 0.3) is 22.5 Å². The maximum absolute atomic E-state index is 13.7. The molecule has 6 rings (SSSR count). The predicted octanol–water partition coefficient (Wildman–Crippen LogP) is 5.42. The summed E-state index contributed by atoms with van der Waals surface area (Å²) in [6.07, 6.45) is 0.815. The normalized spacial score (nSPS) is 18.6. The van der Waals surface area contributed by atoms with Crippen molar-refractivity contribution in [3.05, 3.63) is 77.2 Å². The Hall–Kier alpha value is -4.17. The molecule has 40 heavy (non-hydrogen) atoms. The van der Waals surface area contributed by atoms with E-state index in [9.17, 15) is 4.79 Å². The molecular weight excluding hydrogens is 502 g/mol. The minimum absolute atomic E-state index is 0.0167. The van der Waals surface area contributed by atoms with E-state index in [0.29, 0.717) is 35.9 Å². The number of fused-ring (bicyclic) bond motifs is 1. The van der Waals surface area contributed by atoms with Crippen LogP contribution < -0.4 is 19.9 Å². The summed E-state index contributed by atoms with van der Waals surface area (Å²) < 4.78 is 10.9. The predicted molar refractivity (Wildman–Crippen MR) is 157 cm³/mol. The third kappa shape index (κ3) is 4.84. The average Bonchev–Trinajstić information content (AvgIpc) is 3.57. The van der Waals surface area contributed by atoms with Crippen LogP contribution in [0.1, 0.15) is 41.2 Å². The van der Waals surface area contributed by atoms with Crippen LogP contribution in [0.5, 0.6) is 5.75 Å². The van der Waals surface area contributed by atoms with E-state index in [4.69, 9.17) is 9.26 Å². The van der Waals surface area contributed by atoms with Gasteiger partial charge in [0.15, 0.2) is 0 Å². The minimum Gasteiger partial charge on any atom is -0.495 e. The van der Waals surface area contributed by atoms with Crippen LogP contribution in [-0.4, -0.2) is 54.9 Å². The van der Waals surface area contributed by atoms with E-state index < -0.39 is 0 Å². The molecule has 8 heteroatoms. The first-order valence-electron chi connectivity index (χ1n) is 13.9. The van der Waals surface area contributed by atoms with Crippen molar-refractivity contribution in [1.29, 1.82) is 0 Å². The topological polar surface area (TPSA) is 83.7 Å². The molecule has 4 aromatic rings. The molecule has 3 aromatic carbocycles. The maximum atomic E-state index is 13.7. The Morgan fingerprint density at radius 3 is 2.35 bits per heavy atom. The maximum Gasteiger partial charge on any atom is 0.258 e. The van der Waals surface area contributed by atoms with Gasteiger partial charge in [-0.1, -0.05) is 29.4 Å². The van der Waals surface area contributed by atoms with E-state index in [0.717, 1.165) is 64.5 Å². The number of nitrogens with zero attached hydrogens (tertiary/aromatic N) is 4. The summed E-state index contributed by atoms with van der Waals surface area (Å²) in [6.45, 7) is 10.7. The number of hydrogen-bond donors (Lipinski definition) is 1. The van der Waals surface area contributed by atoms with Crippen LogP contribution in [0.3, 0.4) is 0 Å². The van der Waals surface area contributed by atoms with Gasteiger partial charge in [-0.2, -0.15) is 4.98 Å². The first-order valence-corrected chi connectivity index (χ1v) is 13.9. The summed E-state index contributed by atoms with van der Waals surface area (Å²) in [4.78, 5) is 22.3. The molecule has 8 nitrogen and oxygen atoms in total. The van der Waals surface area contributed by atoms with E-state index in [1.54, 1.807) is 14.0 Å². The summed E-state index contributed by atoms with van der Waals surface area (Å²) >= 11 is 0. The molecule has 1 fully saturated rings. The van der Waals surface area contributed by atoms with Gasteiger partial charge < -0.3 is 24.4 Å².